The Hall–Kier alpha value is -5.14. The molecule has 0 bridgehead atoms. The van der Waals surface area contributed by atoms with Gasteiger partial charge in [-0.25, -0.2) is 0 Å². The zero-order chi connectivity index (χ0) is 26.9. The predicted octanol–water partition coefficient (Wildman–Crippen LogP) is 10.9. The van der Waals surface area contributed by atoms with Crippen LogP contribution < -0.4 is 0 Å². The summed E-state index contributed by atoms with van der Waals surface area (Å²) in [5.74, 6) is 0. The summed E-state index contributed by atoms with van der Waals surface area (Å²) < 4.78 is 2.47. The van der Waals surface area contributed by atoms with Crippen LogP contribution in [-0.2, 0) is 6.42 Å². The highest BCUT2D eigenvalue weighted by Gasteiger charge is 2.19. The summed E-state index contributed by atoms with van der Waals surface area (Å²) in [5, 5.41) is 10.4. The van der Waals surface area contributed by atoms with Gasteiger partial charge in [0.2, 0.25) is 0 Å². The van der Waals surface area contributed by atoms with Crippen LogP contribution >= 0.6 is 0 Å². The summed E-state index contributed by atoms with van der Waals surface area (Å²) in [5.41, 5.74) is 9.20. The Kier molecular flexibility index (Phi) is 4.80. The fourth-order valence-electron chi connectivity index (χ4n) is 7.28. The first-order valence-electron chi connectivity index (χ1n) is 14.5. The quantitative estimate of drug-likeness (QED) is 0.199. The predicted molar refractivity (Wildman–Crippen MR) is 176 cm³/mol. The Balaban J connectivity index is 1.46. The molecule has 9 rings (SSSR count). The molecular weight excluding hydrogens is 494 g/mol. The Morgan fingerprint density at radius 3 is 1.83 bits per heavy atom. The maximum Gasteiger partial charge on any atom is 0.0546 e. The summed E-state index contributed by atoms with van der Waals surface area (Å²) in [6.45, 7) is 0. The molecule has 192 valence electrons. The van der Waals surface area contributed by atoms with Gasteiger partial charge in [0, 0.05) is 16.2 Å². The van der Waals surface area contributed by atoms with E-state index in [1.54, 1.807) is 0 Å². The minimum absolute atomic E-state index is 1.08. The minimum atomic E-state index is 1.08. The van der Waals surface area contributed by atoms with Crippen molar-refractivity contribution in [3.63, 3.8) is 0 Å². The van der Waals surface area contributed by atoms with E-state index in [4.69, 9.17) is 0 Å². The lowest BCUT2D eigenvalue weighted by molar-refractivity contribution is 0.988. The maximum atomic E-state index is 2.47. The Bertz CT molecular complexity index is 2310. The van der Waals surface area contributed by atoms with E-state index in [0.717, 1.165) is 12.8 Å². The molecule has 7 aromatic carbocycles. The van der Waals surface area contributed by atoms with Crippen LogP contribution in [0, 0.1) is 0 Å². The molecule has 0 amide bonds. The van der Waals surface area contributed by atoms with Gasteiger partial charge < -0.3 is 4.57 Å². The fraction of sp³-hybridized carbons (Fsp3) is 0.0500. The normalized spacial score (nSPS) is 13.1. The standard InChI is InChI=1S/C40H27N/c1-2-14-28-26(12-1)13-11-21-29(28)36-24-27-25-39(41-37-22-9-7-16-31(37)32-17-8-10-23-38(32)41)33-18-4-6-20-35(33)40(27)34-19-5-3-15-30(34)36/h1,3-13,15-25H,2,14H2. The highest BCUT2D eigenvalue weighted by Crippen LogP contribution is 2.43. The molecule has 0 aliphatic heterocycles. The molecule has 0 radical (unpaired) electrons. The fourth-order valence-corrected chi connectivity index (χ4v) is 7.28. The third kappa shape index (κ3) is 3.24. The minimum Gasteiger partial charge on any atom is -0.309 e. The largest absolute Gasteiger partial charge is 0.309 e. The van der Waals surface area contributed by atoms with E-state index in [1.807, 2.05) is 0 Å². The van der Waals surface area contributed by atoms with Gasteiger partial charge in [0.05, 0.1) is 16.7 Å². The number of hydrogen-bond donors (Lipinski definition) is 0. The summed E-state index contributed by atoms with van der Waals surface area (Å²) in [7, 11) is 0. The SMILES string of the molecule is C1=Cc2cccc(-c3cc4cc(-n5c6ccccc6c6ccccc65)c5ccccc5c4c4ccccc34)c2CC1. The second-order valence-corrected chi connectivity index (χ2v) is 11.2. The molecule has 1 aromatic heterocycles. The van der Waals surface area contributed by atoms with Gasteiger partial charge in [0.15, 0.2) is 0 Å². The zero-order valence-corrected chi connectivity index (χ0v) is 22.6. The molecule has 0 saturated carbocycles. The van der Waals surface area contributed by atoms with E-state index in [1.165, 1.54) is 82.1 Å². The van der Waals surface area contributed by atoms with E-state index in [-0.39, 0.29) is 0 Å². The molecule has 1 aliphatic rings. The number of nitrogens with zero attached hydrogens (tertiary/aromatic N) is 1. The molecule has 1 heterocycles. The van der Waals surface area contributed by atoms with Gasteiger partial charge in [-0.15, -0.1) is 0 Å². The lowest BCUT2D eigenvalue weighted by Crippen LogP contribution is -1.99. The molecule has 0 saturated heterocycles. The Morgan fingerprint density at radius 2 is 1.10 bits per heavy atom. The third-order valence-electron chi connectivity index (χ3n) is 9.02. The van der Waals surface area contributed by atoms with Crippen LogP contribution in [0.1, 0.15) is 17.5 Å². The highest BCUT2D eigenvalue weighted by atomic mass is 15.0. The lowest BCUT2D eigenvalue weighted by atomic mass is 9.85. The zero-order valence-electron chi connectivity index (χ0n) is 22.6. The molecule has 0 fully saturated rings. The highest BCUT2D eigenvalue weighted by molar-refractivity contribution is 6.25. The summed E-state index contributed by atoms with van der Waals surface area (Å²) in [6, 6.07) is 47.2. The lowest BCUT2D eigenvalue weighted by Gasteiger charge is -2.20. The van der Waals surface area contributed by atoms with Crippen molar-refractivity contribution in [1.82, 2.24) is 4.57 Å². The molecular formula is C40H27N. The van der Waals surface area contributed by atoms with E-state index in [9.17, 15) is 0 Å². The van der Waals surface area contributed by atoms with Crippen molar-refractivity contribution < 1.29 is 0 Å². The number of aromatic nitrogens is 1. The number of benzene rings is 7. The number of allylic oxidation sites excluding steroid dienone is 1. The van der Waals surface area contributed by atoms with Crippen molar-refractivity contribution in [3.05, 3.63) is 145 Å². The number of fused-ring (bicyclic) bond motifs is 9. The van der Waals surface area contributed by atoms with Crippen LogP contribution in [0.3, 0.4) is 0 Å². The van der Waals surface area contributed by atoms with Crippen molar-refractivity contribution in [2.45, 2.75) is 12.8 Å². The van der Waals surface area contributed by atoms with Crippen LogP contribution in [0.2, 0.25) is 0 Å². The van der Waals surface area contributed by atoms with E-state index >= 15 is 0 Å². The van der Waals surface area contributed by atoms with Crippen molar-refractivity contribution in [3.8, 4) is 16.8 Å². The van der Waals surface area contributed by atoms with Crippen molar-refractivity contribution in [2.24, 2.45) is 0 Å². The molecule has 1 heteroatoms. The van der Waals surface area contributed by atoms with Crippen molar-refractivity contribution in [2.75, 3.05) is 0 Å². The monoisotopic (exact) mass is 521 g/mol. The van der Waals surface area contributed by atoms with Crippen LogP contribution in [0.5, 0.6) is 0 Å². The average molecular weight is 522 g/mol. The van der Waals surface area contributed by atoms with Crippen LogP contribution in [0.15, 0.2) is 133 Å². The van der Waals surface area contributed by atoms with Crippen LogP contribution in [0.25, 0.3) is 77.0 Å². The molecule has 1 nitrogen and oxygen atoms in total. The summed E-state index contributed by atoms with van der Waals surface area (Å²) >= 11 is 0. The Labute approximate surface area is 238 Å². The van der Waals surface area contributed by atoms with Gasteiger partial charge in [-0.3, -0.25) is 0 Å². The van der Waals surface area contributed by atoms with Gasteiger partial charge in [-0.2, -0.15) is 0 Å². The van der Waals surface area contributed by atoms with Gasteiger partial charge in [-0.05, 0) is 86.3 Å². The third-order valence-corrected chi connectivity index (χ3v) is 9.02. The smallest absolute Gasteiger partial charge is 0.0546 e. The molecule has 41 heavy (non-hydrogen) atoms. The molecule has 0 unspecified atom stereocenters. The summed E-state index contributed by atoms with van der Waals surface area (Å²) in [6.07, 6.45) is 6.77. The Morgan fingerprint density at radius 1 is 0.488 bits per heavy atom. The maximum absolute atomic E-state index is 2.47. The van der Waals surface area contributed by atoms with E-state index < -0.39 is 0 Å². The van der Waals surface area contributed by atoms with E-state index in [0.29, 0.717) is 0 Å². The summed E-state index contributed by atoms with van der Waals surface area (Å²) in [4.78, 5) is 0. The molecule has 0 atom stereocenters. The second kappa shape index (κ2) is 8.68. The molecule has 1 aliphatic carbocycles. The molecule has 8 aromatic rings. The first-order chi connectivity index (χ1) is 20.4. The van der Waals surface area contributed by atoms with Gasteiger partial charge in [-0.1, -0.05) is 115 Å². The first kappa shape index (κ1) is 22.7. The van der Waals surface area contributed by atoms with Crippen molar-refractivity contribution in [1.29, 1.82) is 0 Å². The molecule has 0 N–H and O–H groups in total. The van der Waals surface area contributed by atoms with Crippen LogP contribution in [-0.4, -0.2) is 4.57 Å². The molecule has 0 spiro atoms. The van der Waals surface area contributed by atoms with Crippen LogP contribution in [0.4, 0.5) is 0 Å². The second-order valence-electron chi connectivity index (χ2n) is 11.2. The van der Waals surface area contributed by atoms with Gasteiger partial charge in [0.1, 0.15) is 0 Å². The number of para-hydroxylation sites is 2. The van der Waals surface area contributed by atoms with Crippen molar-refractivity contribution >= 4 is 60.2 Å². The average Bonchev–Trinajstić information content (AvgIpc) is 3.38. The number of rotatable bonds is 2. The topological polar surface area (TPSA) is 4.93 Å². The number of hydrogen-bond acceptors (Lipinski definition) is 0. The first-order valence-corrected chi connectivity index (χ1v) is 14.5. The van der Waals surface area contributed by atoms with Gasteiger partial charge >= 0.3 is 0 Å². The van der Waals surface area contributed by atoms with E-state index in [2.05, 4.69) is 144 Å². The van der Waals surface area contributed by atoms with Gasteiger partial charge in [0.25, 0.3) is 0 Å².